The summed E-state index contributed by atoms with van der Waals surface area (Å²) in [6.45, 7) is 3.98. The number of thioether (sulfide) groups is 1. The molecule has 2 rings (SSSR count). The van der Waals surface area contributed by atoms with Gasteiger partial charge in [0.2, 0.25) is 5.89 Å². The van der Waals surface area contributed by atoms with Crippen LogP contribution in [0.3, 0.4) is 0 Å². The molecule has 0 unspecified atom stereocenters. The monoisotopic (exact) mass is 267 g/mol. The van der Waals surface area contributed by atoms with Crippen LogP contribution in [0.25, 0.3) is 0 Å². The van der Waals surface area contributed by atoms with E-state index in [1.165, 1.54) is 17.8 Å². The van der Waals surface area contributed by atoms with Gasteiger partial charge in [-0.3, -0.25) is 0 Å². The Morgan fingerprint density at radius 2 is 2.22 bits per heavy atom. The van der Waals surface area contributed by atoms with Crippen molar-refractivity contribution >= 4 is 17.4 Å². The molecular weight excluding hydrogens is 253 g/mol. The summed E-state index contributed by atoms with van der Waals surface area (Å²) in [5, 5.41) is 3.85. The van der Waals surface area contributed by atoms with E-state index in [-0.39, 0.29) is 11.7 Å². The lowest BCUT2D eigenvalue weighted by molar-refractivity contribution is 0.383. The van der Waals surface area contributed by atoms with Crippen LogP contribution in [0.4, 0.5) is 10.1 Å². The fourth-order valence-electron chi connectivity index (χ4n) is 1.33. The van der Waals surface area contributed by atoms with E-state index >= 15 is 0 Å². The highest BCUT2D eigenvalue weighted by Crippen LogP contribution is 2.26. The van der Waals surface area contributed by atoms with Crippen LogP contribution >= 0.6 is 11.8 Å². The standard InChI is InChI=1S/C12H14FN3OS/c1-7(2)12-15-11(17-16-12)6-18-10-4-3-8(14)5-9(10)13/h3-5,7H,6,14H2,1-2H3. The second-order valence-corrected chi connectivity index (χ2v) is 5.20. The molecule has 0 aliphatic heterocycles. The quantitative estimate of drug-likeness (QED) is 0.680. The van der Waals surface area contributed by atoms with Gasteiger partial charge in [0.25, 0.3) is 0 Å². The molecule has 0 fully saturated rings. The van der Waals surface area contributed by atoms with Crippen LogP contribution in [-0.4, -0.2) is 10.1 Å². The van der Waals surface area contributed by atoms with E-state index in [1.54, 1.807) is 12.1 Å². The lowest BCUT2D eigenvalue weighted by Gasteiger charge is -2.01. The number of nitrogens with zero attached hydrogens (tertiary/aromatic N) is 2. The van der Waals surface area contributed by atoms with Crippen molar-refractivity contribution in [2.75, 3.05) is 5.73 Å². The molecule has 6 heteroatoms. The molecule has 1 heterocycles. The third-order valence-electron chi connectivity index (χ3n) is 2.31. The summed E-state index contributed by atoms with van der Waals surface area (Å²) in [6.07, 6.45) is 0. The van der Waals surface area contributed by atoms with Crippen molar-refractivity contribution in [1.82, 2.24) is 10.1 Å². The number of nitrogen functional groups attached to an aromatic ring is 1. The highest BCUT2D eigenvalue weighted by Gasteiger charge is 2.11. The minimum absolute atomic E-state index is 0.223. The van der Waals surface area contributed by atoms with Crippen LogP contribution in [0, 0.1) is 5.82 Å². The van der Waals surface area contributed by atoms with Gasteiger partial charge in [-0.25, -0.2) is 4.39 Å². The first-order valence-electron chi connectivity index (χ1n) is 5.56. The Kier molecular flexibility index (Phi) is 3.86. The Hall–Kier alpha value is -1.56. The van der Waals surface area contributed by atoms with Crippen molar-refractivity contribution in [1.29, 1.82) is 0 Å². The highest BCUT2D eigenvalue weighted by atomic mass is 32.2. The van der Waals surface area contributed by atoms with E-state index in [4.69, 9.17) is 10.3 Å². The van der Waals surface area contributed by atoms with Crippen LogP contribution in [0.15, 0.2) is 27.6 Å². The van der Waals surface area contributed by atoms with Gasteiger partial charge in [0, 0.05) is 16.5 Å². The van der Waals surface area contributed by atoms with Gasteiger partial charge < -0.3 is 10.3 Å². The van der Waals surface area contributed by atoms with Crippen LogP contribution in [0.1, 0.15) is 31.5 Å². The van der Waals surface area contributed by atoms with Crippen LogP contribution < -0.4 is 5.73 Å². The van der Waals surface area contributed by atoms with Crippen molar-refractivity contribution in [3.8, 4) is 0 Å². The molecule has 1 aromatic carbocycles. The van der Waals surface area contributed by atoms with Crippen molar-refractivity contribution in [2.24, 2.45) is 0 Å². The molecule has 0 amide bonds. The van der Waals surface area contributed by atoms with Gasteiger partial charge in [-0.15, -0.1) is 11.8 Å². The van der Waals surface area contributed by atoms with Gasteiger partial charge in [0.05, 0.1) is 5.75 Å². The number of hydrogen-bond acceptors (Lipinski definition) is 5. The number of anilines is 1. The summed E-state index contributed by atoms with van der Waals surface area (Å²) in [5.74, 6) is 1.51. The Morgan fingerprint density at radius 3 is 2.83 bits per heavy atom. The Morgan fingerprint density at radius 1 is 1.44 bits per heavy atom. The lowest BCUT2D eigenvalue weighted by atomic mass is 10.2. The zero-order valence-corrected chi connectivity index (χ0v) is 11.0. The van der Waals surface area contributed by atoms with Crippen LogP contribution in [-0.2, 0) is 5.75 Å². The molecule has 0 bridgehead atoms. The first-order chi connectivity index (χ1) is 8.56. The maximum absolute atomic E-state index is 13.5. The molecule has 2 N–H and O–H groups in total. The molecular formula is C12H14FN3OS. The van der Waals surface area contributed by atoms with Crippen LogP contribution in [0.5, 0.6) is 0 Å². The summed E-state index contributed by atoms with van der Waals surface area (Å²) in [4.78, 5) is 4.75. The molecule has 0 saturated carbocycles. The Balaban J connectivity index is 2.02. The second kappa shape index (κ2) is 5.39. The molecule has 2 aromatic rings. The van der Waals surface area contributed by atoms with E-state index in [9.17, 15) is 4.39 Å². The smallest absolute Gasteiger partial charge is 0.237 e. The van der Waals surface area contributed by atoms with E-state index in [0.29, 0.717) is 28.1 Å². The molecule has 0 atom stereocenters. The summed E-state index contributed by atoms with van der Waals surface area (Å²) in [6, 6.07) is 4.61. The largest absolute Gasteiger partial charge is 0.399 e. The van der Waals surface area contributed by atoms with E-state index < -0.39 is 0 Å². The van der Waals surface area contributed by atoms with Gasteiger partial charge in [-0.2, -0.15) is 4.98 Å². The number of nitrogens with two attached hydrogens (primary N) is 1. The molecule has 0 saturated heterocycles. The molecule has 18 heavy (non-hydrogen) atoms. The van der Waals surface area contributed by atoms with Gasteiger partial charge in [-0.1, -0.05) is 19.0 Å². The number of halogens is 1. The number of hydrogen-bond donors (Lipinski definition) is 1. The van der Waals surface area contributed by atoms with E-state index in [1.807, 2.05) is 13.8 Å². The van der Waals surface area contributed by atoms with E-state index in [2.05, 4.69) is 10.1 Å². The molecule has 96 valence electrons. The summed E-state index contributed by atoms with van der Waals surface area (Å²) in [5.41, 5.74) is 5.89. The predicted molar refractivity (Wildman–Crippen MR) is 68.8 cm³/mol. The molecule has 0 aliphatic rings. The lowest BCUT2D eigenvalue weighted by Crippen LogP contribution is -1.91. The molecule has 0 spiro atoms. The fraction of sp³-hybridized carbons (Fsp3) is 0.333. The van der Waals surface area contributed by atoms with Crippen molar-refractivity contribution < 1.29 is 8.91 Å². The maximum Gasteiger partial charge on any atom is 0.237 e. The van der Waals surface area contributed by atoms with Gasteiger partial charge in [0.15, 0.2) is 5.82 Å². The Labute approximate surface area is 109 Å². The van der Waals surface area contributed by atoms with Crippen molar-refractivity contribution in [2.45, 2.75) is 30.4 Å². The molecule has 1 aromatic heterocycles. The van der Waals surface area contributed by atoms with E-state index in [0.717, 1.165) is 0 Å². The number of aromatic nitrogens is 2. The van der Waals surface area contributed by atoms with Crippen molar-refractivity contribution in [3.63, 3.8) is 0 Å². The zero-order chi connectivity index (χ0) is 13.1. The van der Waals surface area contributed by atoms with Crippen LogP contribution in [0.2, 0.25) is 0 Å². The third kappa shape index (κ3) is 3.01. The zero-order valence-electron chi connectivity index (χ0n) is 10.2. The average molecular weight is 267 g/mol. The predicted octanol–water partition coefficient (Wildman–Crippen LogP) is 3.21. The van der Waals surface area contributed by atoms with Gasteiger partial charge in [0.1, 0.15) is 5.82 Å². The topological polar surface area (TPSA) is 64.9 Å². The first kappa shape index (κ1) is 12.9. The molecule has 4 nitrogen and oxygen atoms in total. The van der Waals surface area contributed by atoms with Crippen molar-refractivity contribution in [3.05, 3.63) is 35.7 Å². The highest BCUT2D eigenvalue weighted by molar-refractivity contribution is 7.98. The first-order valence-corrected chi connectivity index (χ1v) is 6.55. The normalized spacial score (nSPS) is 11.1. The second-order valence-electron chi connectivity index (χ2n) is 4.18. The number of benzene rings is 1. The van der Waals surface area contributed by atoms with Gasteiger partial charge >= 0.3 is 0 Å². The Bertz CT molecular complexity index is 542. The minimum Gasteiger partial charge on any atom is -0.399 e. The summed E-state index contributed by atoms with van der Waals surface area (Å²) < 4.78 is 18.6. The molecule has 0 radical (unpaired) electrons. The number of rotatable bonds is 4. The maximum atomic E-state index is 13.5. The summed E-state index contributed by atoms with van der Waals surface area (Å²) >= 11 is 1.31. The fourth-order valence-corrected chi connectivity index (χ4v) is 2.09. The average Bonchev–Trinajstić information content (AvgIpc) is 2.76. The summed E-state index contributed by atoms with van der Waals surface area (Å²) in [7, 11) is 0. The molecule has 0 aliphatic carbocycles. The van der Waals surface area contributed by atoms with Gasteiger partial charge in [-0.05, 0) is 18.2 Å². The minimum atomic E-state index is -0.330. The SMILES string of the molecule is CC(C)c1noc(CSc2ccc(N)cc2F)n1. The third-order valence-corrected chi connectivity index (χ3v) is 3.34.